The van der Waals surface area contributed by atoms with E-state index in [1.54, 1.807) is 25.4 Å². The van der Waals surface area contributed by atoms with Crippen LogP contribution in [0.3, 0.4) is 0 Å². The number of ether oxygens (including phenoxy) is 1. The zero-order valence-corrected chi connectivity index (χ0v) is 13.2. The van der Waals surface area contributed by atoms with E-state index in [-0.39, 0.29) is 5.91 Å². The smallest absolute Gasteiger partial charge is 0.251 e. The minimum absolute atomic E-state index is 0.147. The van der Waals surface area contributed by atoms with Crippen molar-refractivity contribution in [2.75, 3.05) is 25.6 Å². The monoisotopic (exact) mass is 349 g/mol. The molecule has 0 saturated heterocycles. The molecule has 1 aromatic carbocycles. The van der Waals surface area contributed by atoms with Crippen LogP contribution in [0.15, 0.2) is 47.1 Å². The fraction of sp³-hybridized carbons (Fsp3) is 0.200. The summed E-state index contributed by atoms with van der Waals surface area (Å²) in [7, 11) is 1.60. The Morgan fingerprint density at radius 3 is 2.95 bits per heavy atom. The second-order valence-corrected chi connectivity index (χ2v) is 5.23. The third kappa shape index (κ3) is 4.84. The first-order valence-corrected chi connectivity index (χ1v) is 7.24. The second kappa shape index (κ2) is 7.75. The first-order chi connectivity index (χ1) is 10.2. The van der Waals surface area contributed by atoms with Crippen LogP contribution in [0.5, 0.6) is 0 Å². The van der Waals surface area contributed by atoms with Crippen molar-refractivity contribution in [3.63, 3.8) is 0 Å². The average molecular weight is 350 g/mol. The van der Waals surface area contributed by atoms with Crippen molar-refractivity contribution in [2.24, 2.45) is 0 Å². The molecule has 6 heteroatoms. The Kier molecular flexibility index (Phi) is 5.71. The van der Waals surface area contributed by atoms with E-state index >= 15 is 0 Å². The fourth-order valence-corrected chi connectivity index (χ4v) is 2.12. The number of pyridine rings is 1. The largest absolute Gasteiger partial charge is 0.383 e. The molecule has 5 nitrogen and oxygen atoms in total. The van der Waals surface area contributed by atoms with E-state index < -0.39 is 0 Å². The quantitative estimate of drug-likeness (QED) is 0.787. The molecule has 21 heavy (non-hydrogen) atoms. The van der Waals surface area contributed by atoms with Crippen LogP contribution >= 0.6 is 15.9 Å². The van der Waals surface area contributed by atoms with Gasteiger partial charge in [0, 0.05) is 35.6 Å². The zero-order chi connectivity index (χ0) is 15.1. The van der Waals surface area contributed by atoms with E-state index in [2.05, 4.69) is 31.5 Å². The van der Waals surface area contributed by atoms with E-state index in [4.69, 9.17) is 4.74 Å². The van der Waals surface area contributed by atoms with E-state index in [9.17, 15) is 4.79 Å². The molecule has 0 aliphatic heterocycles. The highest BCUT2D eigenvalue weighted by molar-refractivity contribution is 9.10. The number of aromatic nitrogens is 1. The molecule has 0 aliphatic rings. The number of hydrogen-bond acceptors (Lipinski definition) is 4. The summed E-state index contributed by atoms with van der Waals surface area (Å²) >= 11 is 3.41. The zero-order valence-electron chi connectivity index (χ0n) is 11.6. The maximum absolute atomic E-state index is 11.9. The number of rotatable bonds is 6. The molecular weight excluding hydrogens is 334 g/mol. The number of hydrogen-bond donors (Lipinski definition) is 2. The molecule has 0 atom stereocenters. The van der Waals surface area contributed by atoms with Crippen molar-refractivity contribution < 1.29 is 9.53 Å². The summed E-state index contributed by atoms with van der Waals surface area (Å²) in [6.07, 6.45) is 1.60. The molecule has 0 fully saturated rings. The topological polar surface area (TPSA) is 63.2 Å². The first kappa shape index (κ1) is 15.5. The van der Waals surface area contributed by atoms with Gasteiger partial charge in [-0.25, -0.2) is 4.98 Å². The Labute approximate surface area is 131 Å². The van der Waals surface area contributed by atoms with Crippen molar-refractivity contribution in [3.8, 4) is 0 Å². The highest BCUT2D eigenvalue weighted by atomic mass is 79.9. The molecule has 0 aliphatic carbocycles. The Morgan fingerprint density at radius 2 is 2.19 bits per heavy atom. The highest BCUT2D eigenvalue weighted by Gasteiger charge is 2.06. The Bertz CT molecular complexity index is 619. The lowest BCUT2D eigenvalue weighted by Crippen LogP contribution is -2.26. The van der Waals surface area contributed by atoms with Crippen molar-refractivity contribution in [2.45, 2.75) is 0 Å². The molecule has 2 aromatic rings. The summed E-state index contributed by atoms with van der Waals surface area (Å²) in [6, 6.07) is 11.1. The summed E-state index contributed by atoms with van der Waals surface area (Å²) in [6.45, 7) is 0.964. The summed E-state index contributed by atoms with van der Waals surface area (Å²) in [4.78, 5) is 16.2. The molecule has 110 valence electrons. The molecule has 2 rings (SSSR count). The van der Waals surface area contributed by atoms with Crippen LogP contribution in [0.1, 0.15) is 10.4 Å². The van der Waals surface area contributed by atoms with Gasteiger partial charge in [-0.2, -0.15) is 0 Å². The number of amides is 1. The molecule has 1 heterocycles. The van der Waals surface area contributed by atoms with Gasteiger partial charge in [0.25, 0.3) is 5.91 Å². The highest BCUT2D eigenvalue weighted by Crippen LogP contribution is 2.19. The molecule has 0 spiro atoms. The second-order valence-electron chi connectivity index (χ2n) is 4.31. The number of methoxy groups -OCH3 is 1. The fourth-order valence-electron chi connectivity index (χ4n) is 1.72. The van der Waals surface area contributed by atoms with Crippen LogP contribution in [0, 0.1) is 0 Å². The summed E-state index contributed by atoms with van der Waals surface area (Å²) < 4.78 is 5.87. The Balaban J connectivity index is 2.05. The normalized spacial score (nSPS) is 10.2. The summed E-state index contributed by atoms with van der Waals surface area (Å²) in [5.41, 5.74) is 1.45. The molecule has 0 saturated carbocycles. The number of carbonyl (C=O) groups excluding carboxylic acids is 1. The van der Waals surface area contributed by atoms with E-state index in [1.165, 1.54) is 0 Å². The molecule has 0 radical (unpaired) electrons. The summed E-state index contributed by atoms with van der Waals surface area (Å²) in [5, 5.41) is 5.93. The molecular formula is C15H16BrN3O2. The van der Waals surface area contributed by atoms with Gasteiger partial charge in [-0.1, -0.05) is 22.0 Å². The third-order valence-corrected chi connectivity index (χ3v) is 3.20. The van der Waals surface area contributed by atoms with Crippen molar-refractivity contribution in [1.29, 1.82) is 0 Å². The molecule has 0 bridgehead atoms. The molecule has 2 N–H and O–H groups in total. The van der Waals surface area contributed by atoms with Gasteiger partial charge in [-0.3, -0.25) is 4.79 Å². The van der Waals surface area contributed by atoms with Gasteiger partial charge in [0.05, 0.1) is 6.61 Å². The van der Waals surface area contributed by atoms with Crippen LogP contribution in [0.25, 0.3) is 0 Å². The van der Waals surface area contributed by atoms with Crippen molar-refractivity contribution in [1.82, 2.24) is 10.3 Å². The number of halogens is 1. The maximum atomic E-state index is 11.9. The summed E-state index contributed by atoms with van der Waals surface area (Å²) in [5.74, 6) is 0.472. The van der Waals surface area contributed by atoms with Crippen LogP contribution in [0.4, 0.5) is 11.5 Å². The van der Waals surface area contributed by atoms with Gasteiger partial charge in [0.2, 0.25) is 0 Å². The van der Waals surface area contributed by atoms with Crippen LogP contribution < -0.4 is 10.6 Å². The van der Waals surface area contributed by atoms with Gasteiger partial charge >= 0.3 is 0 Å². The van der Waals surface area contributed by atoms with Gasteiger partial charge in [-0.05, 0) is 30.3 Å². The standard InChI is InChI=1S/C15H16BrN3O2/c1-21-8-7-18-15(20)11-5-6-17-14(9-11)19-13-4-2-3-12(16)10-13/h2-6,9-10H,7-8H2,1H3,(H,17,19)(H,18,20). The SMILES string of the molecule is COCCNC(=O)c1ccnc(Nc2cccc(Br)c2)c1. The van der Waals surface area contributed by atoms with Gasteiger partial charge in [0.15, 0.2) is 0 Å². The number of carbonyl (C=O) groups is 1. The third-order valence-electron chi connectivity index (χ3n) is 2.71. The van der Waals surface area contributed by atoms with E-state index in [1.807, 2.05) is 24.3 Å². The molecule has 1 amide bonds. The minimum Gasteiger partial charge on any atom is -0.383 e. The predicted molar refractivity (Wildman–Crippen MR) is 85.9 cm³/mol. The Morgan fingerprint density at radius 1 is 1.33 bits per heavy atom. The maximum Gasteiger partial charge on any atom is 0.251 e. The lowest BCUT2D eigenvalue weighted by molar-refractivity contribution is 0.0937. The van der Waals surface area contributed by atoms with Crippen molar-refractivity contribution in [3.05, 3.63) is 52.6 Å². The van der Waals surface area contributed by atoms with Gasteiger partial charge < -0.3 is 15.4 Å². The number of benzene rings is 1. The lowest BCUT2D eigenvalue weighted by atomic mass is 10.2. The lowest BCUT2D eigenvalue weighted by Gasteiger charge is -2.08. The average Bonchev–Trinajstić information content (AvgIpc) is 2.48. The van der Waals surface area contributed by atoms with Crippen LogP contribution in [0.2, 0.25) is 0 Å². The molecule has 1 aromatic heterocycles. The van der Waals surface area contributed by atoms with Crippen LogP contribution in [-0.2, 0) is 4.74 Å². The number of anilines is 2. The first-order valence-electron chi connectivity index (χ1n) is 6.45. The Hall–Kier alpha value is -1.92. The van der Waals surface area contributed by atoms with Gasteiger partial charge in [0.1, 0.15) is 5.82 Å². The number of nitrogens with zero attached hydrogens (tertiary/aromatic N) is 1. The van der Waals surface area contributed by atoms with Crippen LogP contribution in [-0.4, -0.2) is 31.2 Å². The minimum atomic E-state index is -0.147. The van der Waals surface area contributed by atoms with Gasteiger partial charge in [-0.15, -0.1) is 0 Å². The van der Waals surface area contributed by atoms with Crippen molar-refractivity contribution >= 4 is 33.3 Å². The number of nitrogens with one attached hydrogen (secondary N) is 2. The van der Waals surface area contributed by atoms with E-state index in [0.717, 1.165) is 10.2 Å². The van der Waals surface area contributed by atoms with E-state index in [0.29, 0.717) is 24.5 Å². The molecule has 0 unspecified atom stereocenters. The predicted octanol–water partition coefficient (Wildman–Crippen LogP) is 2.96.